The summed E-state index contributed by atoms with van der Waals surface area (Å²) in [4.78, 5) is 0. The Hall–Kier alpha value is -4.39. The van der Waals surface area contributed by atoms with Crippen molar-refractivity contribution in [2.75, 3.05) is 0 Å². The van der Waals surface area contributed by atoms with Crippen LogP contribution in [-0.2, 0) is 35.1 Å². The molecule has 0 atom stereocenters. The van der Waals surface area contributed by atoms with Crippen molar-refractivity contribution in [3.63, 3.8) is 0 Å². The van der Waals surface area contributed by atoms with E-state index < -0.39 is 0 Å². The first kappa shape index (κ1) is 43.7. The second-order valence-electron chi connectivity index (χ2n) is 16.8. The van der Waals surface area contributed by atoms with Gasteiger partial charge in [0.1, 0.15) is 0 Å². The van der Waals surface area contributed by atoms with E-state index in [1.807, 2.05) is 0 Å². The van der Waals surface area contributed by atoms with Crippen molar-refractivity contribution in [3.8, 4) is 11.1 Å². The molecule has 9 aromatic rings. The number of benzene rings is 7. The third-order valence-electron chi connectivity index (χ3n) is 10.5. The van der Waals surface area contributed by atoms with Gasteiger partial charge in [-0.3, -0.25) is 0 Å². The Balaban J connectivity index is 0.000000164. The minimum atomic E-state index is 0. The number of halogens is 2. The number of hydrogen-bond acceptors (Lipinski definition) is 0. The van der Waals surface area contributed by atoms with Crippen molar-refractivity contribution in [2.24, 2.45) is 0 Å². The third-order valence-corrected chi connectivity index (χ3v) is 11.9. The Labute approximate surface area is 366 Å². The molecule has 0 radical (unpaired) electrons. The van der Waals surface area contributed by atoms with Crippen LogP contribution in [0.2, 0.25) is 0 Å². The molecule has 0 saturated carbocycles. The standard InChI is InChI=1S/C21H25.C20H15.C13H10.2ClH.Zr/c1-20(2,3)16-7-9-18-14(12-16)11-15-13-17(21(4,5)6)8-10-19(15)18;1-14-11-17-7-4-8-19(20(17)12-14)18-10-9-15-5-2-3-6-16(15)13-18;1-3-7-12(8-4-1)11-13-9-5-2-6-10-13;;;/h7-13H,1-6H3;2-13H,1H3;1-10H;2*1H;/q2*-1;;;;+2/p-2. The average molecular weight is 861 g/mol. The predicted octanol–water partition coefficient (Wildman–Crippen LogP) is 8.80. The summed E-state index contributed by atoms with van der Waals surface area (Å²) >= 11 is 1.46. The van der Waals surface area contributed by atoms with Crippen LogP contribution < -0.4 is 24.8 Å². The molecule has 0 amide bonds. The van der Waals surface area contributed by atoms with Gasteiger partial charge in [-0.1, -0.05) is 132 Å². The van der Waals surface area contributed by atoms with Crippen molar-refractivity contribution >= 4 is 46.3 Å². The summed E-state index contributed by atoms with van der Waals surface area (Å²) in [6.45, 7) is 15.8. The van der Waals surface area contributed by atoms with Crippen LogP contribution >= 0.6 is 0 Å². The summed E-state index contributed by atoms with van der Waals surface area (Å²) < 4.78 is 1.42. The van der Waals surface area contributed by atoms with Gasteiger partial charge in [0.2, 0.25) is 0 Å². The first-order chi connectivity index (χ1) is 26.3. The Kier molecular flexibility index (Phi) is 14.2. The first-order valence-electron chi connectivity index (χ1n) is 19.3. The van der Waals surface area contributed by atoms with Crippen molar-refractivity contribution in [1.29, 1.82) is 0 Å². The molecule has 0 aliphatic rings. The summed E-state index contributed by atoms with van der Waals surface area (Å²) in [6, 6.07) is 63.6. The van der Waals surface area contributed by atoms with E-state index in [2.05, 4.69) is 224 Å². The fourth-order valence-electron chi connectivity index (χ4n) is 7.32. The van der Waals surface area contributed by atoms with E-state index in [-0.39, 0.29) is 35.6 Å². The number of aryl methyl sites for hydroxylation is 1. The topological polar surface area (TPSA) is 0 Å². The molecular formula is C54H50Cl2Zr-2. The molecule has 0 bridgehead atoms. The third kappa shape index (κ3) is 10.2. The Morgan fingerprint density at radius 2 is 0.947 bits per heavy atom. The summed E-state index contributed by atoms with van der Waals surface area (Å²) in [5, 5.41) is 10.7. The molecule has 3 heteroatoms. The molecule has 0 nitrogen and oxygen atoms in total. The Morgan fingerprint density at radius 3 is 1.47 bits per heavy atom. The fourth-order valence-corrected chi connectivity index (χ4v) is 8.14. The molecule has 0 aliphatic carbocycles. The molecule has 0 unspecified atom stereocenters. The molecule has 0 aromatic heterocycles. The molecule has 0 N–H and O–H groups in total. The monoisotopic (exact) mass is 858 g/mol. The molecular weight excluding hydrogens is 811 g/mol. The van der Waals surface area contributed by atoms with Gasteiger partial charge in [0.05, 0.1) is 0 Å². The van der Waals surface area contributed by atoms with Crippen LogP contribution in [0.5, 0.6) is 0 Å². The van der Waals surface area contributed by atoms with Crippen LogP contribution in [-0.4, -0.2) is 3.21 Å². The van der Waals surface area contributed by atoms with Crippen LogP contribution in [0.1, 0.15) is 69.4 Å². The van der Waals surface area contributed by atoms with E-state index in [1.54, 1.807) is 0 Å². The van der Waals surface area contributed by atoms with Crippen molar-refractivity contribution < 1.29 is 49.0 Å². The normalized spacial score (nSPS) is 11.2. The van der Waals surface area contributed by atoms with Gasteiger partial charge < -0.3 is 24.8 Å². The molecule has 9 aromatic carbocycles. The quantitative estimate of drug-likeness (QED) is 0.156. The fraction of sp³-hybridized carbons (Fsp3) is 0.167. The van der Waals surface area contributed by atoms with Crippen LogP contribution in [0.25, 0.3) is 54.2 Å². The maximum absolute atomic E-state index is 2.35. The summed E-state index contributed by atoms with van der Waals surface area (Å²) in [5.74, 6) is 0. The molecule has 57 heavy (non-hydrogen) atoms. The van der Waals surface area contributed by atoms with Crippen molar-refractivity contribution in [1.82, 2.24) is 0 Å². The zero-order chi connectivity index (χ0) is 38.7. The number of hydrogen-bond donors (Lipinski definition) is 0. The molecule has 0 heterocycles. The zero-order valence-corrected chi connectivity index (χ0v) is 38.0. The maximum atomic E-state index is 2.35. The zero-order valence-electron chi connectivity index (χ0n) is 34.0. The van der Waals surface area contributed by atoms with E-state index in [0.717, 1.165) is 0 Å². The summed E-state index contributed by atoms with van der Waals surface area (Å²) in [5.41, 5.74) is 9.81. The molecule has 9 rings (SSSR count). The predicted molar refractivity (Wildman–Crippen MR) is 238 cm³/mol. The van der Waals surface area contributed by atoms with Gasteiger partial charge in [-0.2, -0.15) is 6.07 Å². The molecule has 0 saturated heterocycles. The van der Waals surface area contributed by atoms with Crippen LogP contribution in [0.4, 0.5) is 0 Å². The number of rotatable bonds is 3. The minimum absolute atomic E-state index is 0. The van der Waals surface area contributed by atoms with E-state index in [0.29, 0.717) is 0 Å². The van der Waals surface area contributed by atoms with Crippen LogP contribution in [0.3, 0.4) is 0 Å². The van der Waals surface area contributed by atoms with Crippen LogP contribution in [0.15, 0.2) is 176 Å². The summed E-state index contributed by atoms with van der Waals surface area (Å²) in [7, 11) is 0. The number of fused-ring (bicyclic) bond motifs is 5. The second kappa shape index (κ2) is 18.5. The van der Waals surface area contributed by atoms with E-state index in [9.17, 15) is 0 Å². The van der Waals surface area contributed by atoms with Gasteiger partial charge in [0, 0.05) is 0 Å². The van der Waals surface area contributed by atoms with E-state index >= 15 is 0 Å². The molecule has 286 valence electrons. The van der Waals surface area contributed by atoms with Gasteiger partial charge in [0.15, 0.2) is 0 Å². The van der Waals surface area contributed by atoms with Gasteiger partial charge >= 0.3 is 99.2 Å². The SMILES string of the molecule is CC(C)(C)c1ccc2c(c1)[cH-]c1cc(C(C)(C)C)ccc12.Cc1cc2c(-c3ccc4ccccc4c3)cccc2[cH-]1.[Cl-].[Cl-].[Zr+2]=[C](c1ccccc1)c1ccccc1. The van der Waals surface area contributed by atoms with Gasteiger partial charge in [-0.15, -0.1) is 74.3 Å². The first-order valence-corrected chi connectivity index (χ1v) is 20.6. The second-order valence-corrected chi connectivity index (χ2v) is 18.0. The Bertz CT molecular complexity index is 2630. The van der Waals surface area contributed by atoms with E-state index in [1.165, 1.54) is 109 Å². The van der Waals surface area contributed by atoms with Crippen molar-refractivity contribution in [3.05, 3.63) is 204 Å². The van der Waals surface area contributed by atoms with Gasteiger partial charge in [-0.05, 0) is 33.2 Å². The average Bonchev–Trinajstić information content (AvgIpc) is 3.76. The van der Waals surface area contributed by atoms with Gasteiger partial charge in [0.25, 0.3) is 0 Å². The van der Waals surface area contributed by atoms with E-state index in [4.69, 9.17) is 0 Å². The van der Waals surface area contributed by atoms with Crippen molar-refractivity contribution in [2.45, 2.75) is 59.3 Å². The Morgan fingerprint density at radius 1 is 0.439 bits per heavy atom. The summed E-state index contributed by atoms with van der Waals surface area (Å²) in [6.07, 6.45) is 0. The molecule has 0 fully saturated rings. The molecule has 0 aliphatic heterocycles. The van der Waals surface area contributed by atoms with Gasteiger partial charge in [-0.25, -0.2) is 0 Å². The molecule has 0 spiro atoms. The van der Waals surface area contributed by atoms with Crippen LogP contribution in [0, 0.1) is 6.92 Å².